The molecule has 1 unspecified atom stereocenters. The predicted molar refractivity (Wildman–Crippen MR) is 90.7 cm³/mol. The summed E-state index contributed by atoms with van der Waals surface area (Å²) in [7, 11) is -3.98. The van der Waals surface area contributed by atoms with Gasteiger partial charge in [0.1, 0.15) is 0 Å². The number of nitrogens with zero attached hydrogens (tertiary/aromatic N) is 1. The molecular formula is C16H20N2O6S. The summed E-state index contributed by atoms with van der Waals surface area (Å²) in [5, 5.41) is 0. The molecule has 2 rings (SSSR count). The van der Waals surface area contributed by atoms with E-state index in [-0.39, 0.29) is 25.2 Å². The van der Waals surface area contributed by atoms with Gasteiger partial charge < -0.3 is 9.47 Å². The summed E-state index contributed by atoms with van der Waals surface area (Å²) in [5.41, 5.74) is 0.389. The maximum absolute atomic E-state index is 12.5. The van der Waals surface area contributed by atoms with E-state index in [1.54, 1.807) is 44.2 Å². The highest BCUT2D eigenvalue weighted by Crippen LogP contribution is 2.25. The summed E-state index contributed by atoms with van der Waals surface area (Å²) in [5.74, 6) is -1.31. The number of hydrogen-bond acceptors (Lipinski definition) is 6. The number of para-hydroxylation sites is 1. The van der Waals surface area contributed by atoms with E-state index in [4.69, 9.17) is 9.47 Å². The fourth-order valence-electron chi connectivity index (χ4n) is 2.32. The van der Waals surface area contributed by atoms with Gasteiger partial charge in [0.25, 0.3) is 0 Å². The minimum absolute atomic E-state index is 0.0357. The van der Waals surface area contributed by atoms with Crippen LogP contribution in [0.3, 0.4) is 0 Å². The molecule has 1 atom stereocenters. The third-order valence-corrected chi connectivity index (χ3v) is 4.80. The first-order chi connectivity index (χ1) is 11.9. The Kier molecular flexibility index (Phi) is 6.16. The quantitative estimate of drug-likeness (QED) is 0.755. The number of nitrogens with one attached hydrogen (secondary N) is 1. The molecule has 0 saturated heterocycles. The second-order valence-electron chi connectivity index (χ2n) is 5.12. The molecule has 8 nitrogen and oxygen atoms in total. The van der Waals surface area contributed by atoms with Gasteiger partial charge in [-0.2, -0.15) is 13.1 Å². The second-order valence-corrected chi connectivity index (χ2v) is 6.70. The van der Waals surface area contributed by atoms with Gasteiger partial charge in [0.05, 0.1) is 36.9 Å². The summed E-state index contributed by atoms with van der Waals surface area (Å²) in [6.07, 6.45) is 0.878. The minimum Gasteiger partial charge on any atom is -0.466 e. The van der Waals surface area contributed by atoms with Crippen LogP contribution in [-0.4, -0.2) is 39.6 Å². The van der Waals surface area contributed by atoms with Crippen molar-refractivity contribution in [2.45, 2.75) is 26.3 Å². The van der Waals surface area contributed by atoms with Crippen molar-refractivity contribution in [1.82, 2.24) is 4.72 Å². The standard InChI is InChI=1S/C16H20N2O6S/c1-3-23-15(19)10-14-13(16(20)24-4-2)11-18(25(21,22)17-14)12-8-6-5-7-9-12/h5-9,11,14,17H,3-4,10H2,1-2H3. The summed E-state index contributed by atoms with van der Waals surface area (Å²) in [6, 6.07) is 7.21. The molecule has 25 heavy (non-hydrogen) atoms. The zero-order valence-corrected chi connectivity index (χ0v) is 14.8. The zero-order chi connectivity index (χ0) is 18.4. The molecule has 0 spiro atoms. The van der Waals surface area contributed by atoms with Crippen LogP contribution in [0.25, 0.3) is 0 Å². The Balaban J connectivity index is 2.42. The topological polar surface area (TPSA) is 102 Å². The highest BCUT2D eigenvalue weighted by Gasteiger charge is 2.37. The number of esters is 2. The first-order valence-corrected chi connectivity index (χ1v) is 9.24. The average molecular weight is 368 g/mol. The highest BCUT2D eigenvalue weighted by molar-refractivity contribution is 7.91. The maximum Gasteiger partial charge on any atom is 0.337 e. The first-order valence-electron chi connectivity index (χ1n) is 7.80. The van der Waals surface area contributed by atoms with E-state index in [1.807, 2.05) is 0 Å². The van der Waals surface area contributed by atoms with Gasteiger partial charge >= 0.3 is 22.1 Å². The van der Waals surface area contributed by atoms with E-state index in [1.165, 1.54) is 6.20 Å². The molecule has 0 saturated carbocycles. The zero-order valence-electron chi connectivity index (χ0n) is 14.0. The Labute approximate surface area is 146 Å². The van der Waals surface area contributed by atoms with Crippen LogP contribution in [0.5, 0.6) is 0 Å². The molecule has 1 N–H and O–H groups in total. The summed E-state index contributed by atoms with van der Waals surface area (Å²) in [4.78, 5) is 24.0. The van der Waals surface area contributed by atoms with Crippen LogP contribution in [0.1, 0.15) is 20.3 Å². The molecule has 1 aromatic rings. The van der Waals surface area contributed by atoms with Crippen molar-refractivity contribution in [3.63, 3.8) is 0 Å². The first kappa shape index (κ1) is 18.9. The number of rotatable bonds is 6. The molecule has 0 radical (unpaired) electrons. The third kappa shape index (κ3) is 4.58. The lowest BCUT2D eigenvalue weighted by Gasteiger charge is -2.31. The molecule has 0 bridgehead atoms. The van der Waals surface area contributed by atoms with Crippen molar-refractivity contribution >= 4 is 27.8 Å². The van der Waals surface area contributed by atoms with E-state index in [0.29, 0.717) is 5.69 Å². The van der Waals surface area contributed by atoms with Crippen molar-refractivity contribution in [1.29, 1.82) is 0 Å². The van der Waals surface area contributed by atoms with Gasteiger partial charge in [0.2, 0.25) is 0 Å². The van der Waals surface area contributed by atoms with Crippen LogP contribution >= 0.6 is 0 Å². The van der Waals surface area contributed by atoms with Gasteiger partial charge in [-0.3, -0.25) is 4.79 Å². The molecule has 1 aliphatic heterocycles. The third-order valence-electron chi connectivity index (χ3n) is 3.38. The van der Waals surface area contributed by atoms with E-state index < -0.39 is 28.2 Å². The van der Waals surface area contributed by atoms with E-state index in [9.17, 15) is 18.0 Å². The fraction of sp³-hybridized carbons (Fsp3) is 0.375. The number of benzene rings is 1. The van der Waals surface area contributed by atoms with Crippen LogP contribution in [0.4, 0.5) is 5.69 Å². The van der Waals surface area contributed by atoms with Crippen molar-refractivity contribution in [2.24, 2.45) is 0 Å². The van der Waals surface area contributed by atoms with Crippen LogP contribution in [0.2, 0.25) is 0 Å². The number of carbonyl (C=O) groups excluding carboxylic acids is 2. The number of hydrogen-bond donors (Lipinski definition) is 1. The molecule has 1 aromatic carbocycles. The van der Waals surface area contributed by atoms with Gasteiger partial charge in [-0.15, -0.1) is 0 Å². The Morgan fingerprint density at radius 3 is 2.36 bits per heavy atom. The van der Waals surface area contributed by atoms with Crippen LogP contribution < -0.4 is 9.03 Å². The number of carbonyl (C=O) groups is 2. The lowest BCUT2D eigenvalue weighted by molar-refractivity contribution is -0.143. The predicted octanol–water partition coefficient (Wildman–Crippen LogP) is 1.11. The van der Waals surface area contributed by atoms with Gasteiger partial charge in [-0.25, -0.2) is 9.10 Å². The maximum atomic E-state index is 12.5. The molecule has 1 aliphatic rings. The molecule has 0 amide bonds. The monoisotopic (exact) mass is 368 g/mol. The summed E-state index contributed by atoms with van der Waals surface area (Å²) in [6.45, 7) is 3.57. The van der Waals surface area contributed by atoms with Crippen molar-refractivity contribution in [2.75, 3.05) is 17.5 Å². The van der Waals surface area contributed by atoms with Crippen LogP contribution in [0, 0.1) is 0 Å². The minimum atomic E-state index is -3.98. The smallest absolute Gasteiger partial charge is 0.337 e. The van der Waals surface area contributed by atoms with Gasteiger partial charge in [-0.1, -0.05) is 18.2 Å². The molecule has 1 heterocycles. The van der Waals surface area contributed by atoms with Crippen molar-refractivity contribution < 1.29 is 27.5 Å². The van der Waals surface area contributed by atoms with E-state index in [2.05, 4.69) is 4.72 Å². The SMILES string of the molecule is CCOC(=O)CC1NS(=O)(=O)N(c2ccccc2)C=C1C(=O)OCC. The molecular weight excluding hydrogens is 348 g/mol. The van der Waals surface area contributed by atoms with Crippen molar-refractivity contribution in [3.8, 4) is 0 Å². The molecule has 9 heteroatoms. The Hall–Kier alpha value is -2.39. The Morgan fingerprint density at radius 1 is 1.12 bits per heavy atom. The normalized spacial score (nSPS) is 19.0. The molecule has 0 aromatic heterocycles. The molecule has 0 fully saturated rings. The van der Waals surface area contributed by atoms with E-state index in [0.717, 1.165) is 4.31 Å². The largest absolute Gasteiger partial charge is 0.466 e. The molecule has 136 valence electrons. The summed E-state index contributed by atoms with van der Waals surface area (Å²) < 4.78 is 38.2. The highest BCUT2D eigenvalue weighted by atomic mass is 32.2. The Morgan fingerprint density at radius 2 is 1.76 bits per heavy atom. The van der Waals surface area contributed by atoms with Crippen molar-refractivity contribution in [3.05, 3.63) is 42.1 Å². The number of anilines is 1. The lowest BCUT2D eigenvalue weighted by Crippen LogP contribution is -2.51. The van der Waals surface area contributed by atoms with Crippen LogP contribution in [-0.2, 0) is 29.3 Å². The fourth-order valence-corrected chi connectivity index (χ4v) is 3.66. The van der Waals surface area contributed by atoms with Gasteiger partial charge in [0.15, 0.2) is 0 Å². The molecule has 0 aliphatic carbocycles. The Bertz CT molecular complexity index is 760. The lowest BCUT2D eigenvalue weighted by atomic mass is 10.1. The van der Waals surface area contributed by atoms with Gasteiger partial charge in [-0.05, 0) is 26.0 Å². The van der Waals surface area contributed by atoms with E-state index >= 15 is 0 Å². The number of ether oxygens (including phenoxy) is 2. The van der Waals surface area contributed by atoms with Crippen LogP contribution in [0.15, 0.2) is 42.1 Å². The van der Waals surface area contributed by atoms with Gasteiger partial charge in [0, 0.05) is 6.20 Å². The average Bonchev–Trinajstić information content (AvgIpc) is 2.55. The summed E-state index contributed by atoms with van der Waals surface area (Å²) >= 11 is 0. The second kappa shape index (κ2) is 8.13.